The summed E-state index contributed by atoms with van der Waals surface area (Å²) in [4.78, 5) is 38.2. The fourth-order valence-electron chi connectivity index (χ4n) is 3.46. The van der Waals surface area contributed by atoms with Crippen LogP contribution in [0.5, 0.6) is 0 Å². The minimum Gasteiger partial charge on any atom is -0.300 e. The van der Waals surface area contributed by atoms with Crippen molar-refractivity contribution in [3.05, 3.63) is 40.4 Å². The van der Waals surface area contributed by atoms with E-state index in [0.29, 0.717) is 21.3 Å². The smallest absolute Gasteiger partial charge is 0.261 e. The zero-order chi connectivity index (χ0) is 18.1. The van der Waals surface area contributed by atoms with Gasteiger partial charge in [-0.25, -0.2) is 0 Å². The summed E-state index contributed by atoms with van der Waals surface area (Å²) in [6.07, 6.45) is 5.17. The number of amides is 3. The summed E-state index contributed by atoms with van der Waals surface area (Å²) in [5.41, 5.74) is 0.820. The summed E-state index contributed by atoms with van der Waals surface area (Å²) >= 11 is 1.19. The molecular weight excluding hydrogens is 352 g/mol. The molecule has 7 nitrogen and oxygen atoms in total. The number of rotatable bonds is 4. The van der Waals surface area contributed by atoms with Crippen LogP contribution in [0.4, 0.5) is 5.13 Å². The predicted octanol–water partition coefficient (Wildman–Crippen LogP) is 2.85. The third-order valence-corrected chi connectivity index (χ3v) is 5.67. The molecule has 1 aromatic carbocycles. The standard InChI is InChI=1S/C18H18N4O3S/c23-15(11-6-2-1-3-7-11)19-18-21-20-14(26-18)10-22-16(24)12-8-4-5-9-13(12)17(22)25/h4-5,8-9,11H,1-3,6-7,10H2,(H,19,21,23). The van der Waals surface area contributed by atoms with E-state index in [1.807, 2.05) is 0 Å². The molecule has 0 unspecified atom stereocenters. The van der Waals surface area contributed by atoms with Crippen LogP contribution in [0.2, 0.25) is 0 Å². The molecule has 0 atom stereocenters. The van der Waals surface area contributed by atoms with E-state index in [-0.39, 0.29) is 30.2 Å². The SMILES string of the molecule is O=C(Nc1nnc(CN2C(=O)c3ccccc3C2=O)s1)C1CCCCC1. The zero-order valence-electron chi connectivity index (χ0n) is 14.1. The number of anilines is 1. The summed E-state index contributed by atoms with van der Waals surface area (Å²) in [6.45, 7) is 0.0588. The van der Waals surface area contributed by atoms with Gasteiger partial charge in [0.2, 0.25) is 11.0 Å². The van der Waals surface area contributed by atoms with Crippen LogP contribution in [0.15, 0.2) is 24.3 Å². The van der Waals surface area contributed by atoms with Crippen molar-refractivity contribution in [2.45, 2.75) is 38.6 Å². The number of aromatic nitrogens is 2. The lowest BCUT2D eigenvalue weighted by molar-refractivity contribution is -0.120. The maximum atomic E-state index is 12.4. The Hall–Kier alpha value is -2.61. The Morgan fingerprint density at radius 2 is 1.73 bits per heavy atom. The van der Waals surface area contributed by atoms with Crippen LogP contribution in [0, 0.1) is 5.92 Å². The van der Waals surface area contributed by atoms with E-state index in [4.69, 9.17) is 0 Å². The van der Waals surface area contributed by atoms with Gasteiger partial charge in [0.15, 0.2) is 0 Å². The molecule has 2 aliphatic rings. The van der Waals surface area contributed by atoms with Crippen LogP contribution in [-0.2, 0) is 11.3 Å². The molecule has 2 heterocycles. The number of fused-ring (bicyclic) bond motifs is 1. The minimum absolute atomic E-state index is 0.0202. The summed E-state index contributed by atoms with van der Waals surface area (Å²) in [5, 5.41) is 11.7. The first-order valence-corrected chi connectivity index (χ1v) is 9.53. The van der Waals surface area contributed by atoms with E-state index in [1.54, 1.807) is 24.3 Å². The van der Waals surface area contributed by atoms with Crippen LogP contribution in [-0.4, -0.2) is 32.8 Å². The van der Waals surface area contributed by atoms with Gasteiger partial charge >= 0.3 is 0 Å². The second-order valence-electron chi connectivity index (χ2n) is 6.57. The normalized spacial score (nSPS) is 17.5. The fourth-order valence-corrected chi connectivity index (χ4v) is 4.19. The summed E-state index contributed by atoms with van der Waals surface area (Å²) < 4.78 is 0. The molecule has 1 N–H and O–H groups in total. The van der Waals surface area contributed by atoms with Crippen LogP contribution < -0.4 is 5.32 Å². The predicted molar refractivity (Wildman–Crippen MR) is 95.8 cm³/mol. The lowest BCUT2D eigenvalue weighted by atomic mass is 9.89. The average molecular weight is 370 g/mol. The highest BCUT2D eigenvalue weighted by Crippen LogP contribution is 2.28. The molecule has 1 fully saturated rings. The van der Waals surface area contributed by atoms with Crippen molar-refractivity contribution in [2.24, 2.45) is 5.92 Å². The first-order chi connectivity index (χ1) is 12.6. The van der Waals surface area contributed by atoms with Gasteiger partial charge in [0.05, 0.1) is 17.7 Å². The molecule has 1 aliphatic carbocycles. The highest BCUT2D eigenvalue weighted by molar-refractivity contribution is 7.15. The third kappa shape index (κ3) is 3.12. The number of nitrogens with one attached hydrogen (secondary N) is 1. The molecule has 0 saturated heterocycles. The molecule has 4 rings (SSSR count). The zero-order valence-corrected chi connectivity index (χ0v) is 14.9. The molecular formula is C18H18N4O3S. The van der Waals surface area contributed by atoms with E-state index in [9.17, 15) is 14.4 Å². The highest BCUT2D eigenvalue weighted by Gasteiger charge is 2.35. The van der Waals surface area contributed by atoms with Crippen molar-refractivity contribution >= 4 is 34.2 Å². The van der Waals surface area contributed by atoms with Crippen molar-refractivity contribution < 1.29 is 14.4 Å². The van der Waals surface area contributed by atoms with Gasteiger partial charge in [-0.15, -0.1) is 10.2 Å². The molecule has 0 bridgehead atoms. The average Bonchev–Trinajstić information content (AvgIpc) is 3.21. The second-order valence-corrected chi connectivity index (χ2v) is 7.63. The van der Waals surface area contributed by atoms with E-state index < -0.39 is 0 Å². The minimum atomic E-state index is -0.325. The van der Waals surface area contributed by atoms with Crippen LogP contribution in [0.1, 0.15) is 57.8 Å². The Morgan fingerprint density at radius 1 is 1.08 bits per heavy atom. The summed E-state index contributed by atoms with van der Waals surface area (Å²) in [6, 6.07) is 6.76. The monoisotopic (exact) mass is 370 g/mol. The van der Waals surface area contributed by atoms with Gasteiger partial charge in [0, 0.05) is 5.92 Å². The lowest BCUT2D eigenvalue weighted by Gasteiger charge is -2.19. The number of carbonyl (C=O) groups excluding carboxylic acids is 3. The molecule has 0 radical (unpaired) electrons. The molecule has 134 valence electrons. The van der Waals surface area contributed by atoms with Crippen LogP contribution >= 0.6 is 11.3 Å². The van der Waals surface area contributed by atoms with Gasteiger partial charge in [0.25, 0.3) is 11.8 Å². The number of hydrogen-bond donors (Lipinski definition) is 1. The van der Waals surface area contributed by atoms with E-state index in [0.717, 1.165) is 30.6 Å². The van der Waals surface area contributed by atoms with Crippen molar-refractivity contribution in [1.29, 1.82) is 0 Å². The second kappa shape index (κ2) is 6.95. The Labute approximate surface area is 154 Å². The summed E-state index contributed by atoms with van der Waals surface area (Å²) in [7, 11) is 0. The van der Waals surface area contributed by atoms with Crippen molar-refractivity contribution in [2.75, 3.05) is 5.32 Å². The Kier molecular flexibility index (Phi) is 4.50. The topological polar surface area (TPSA) is 92.3 Å². The van der Waals surface area contributed by atoms with Crippen molar-refractivity contribution in [3.63, 3.8) is 0 Å². The van der Waals surface area contributed by atoms with Crippen LogP contribution in [0.25, 0.3) is 0 Å². The van der Waals surface area contributed by atoms with Gasteiger partial charge in [-0.05, 0) is 25.0 Å². The number of imide groups is 1. The Bertz CT molecular complexity index is 838. The Morgan fingerprint density at radius 3 is 2.38 bits per heavy atom. The number of hydrogen-bond acceptors (Lipinski definition) is 6. The first kappa shape index (κ1) is 16.8. The quantitative estimate of drug-likeness (QED) is 0.836. The van der Waals surface area contributed by atoms with Gasteiger partial charge in [0.1, 0.15) is 5.01 Å². The van der Waals surface area contributed by atoms with Gasteiger partial charge in [-0.3, -0.25) is 19.3 Å². The number of nitrogens with zero attached hydrogens (tertiary/aromatic N) is 3. The lowest BCUT2D eigenvalue weighted by Crippen LogP contribution is -2.29. The third-order valence-electron chi connectivity index (χ3n) is 4.84. The van der Waals surface area contributed by atoms with Gasteiger partial charge in [-0.2, -0.15) is 0 Å². The largest absolute Gasteiger partial charge is 0.300 e. The van der Waals surface area contributed by atoms with E-state index in [1.165, 1.54) is 17.8 Å². The fraction of sp³-hybridized carbons (Fsp3) is 0.389. The van der Waals surface area contributed by atoms with Gasteiger partial charge in [-0.1, -0.05) is 42.7 Å². The molecule has 8 heteroatoms. The molecule has 1 aromatic heterocycles. The molecule has 2 aromatic rings. The number of benzene rings is 1. The molecule has 3 amide bonds. The molecule has 1 saturated carbocycles. The summed E-state index contributed by atoms with van der Waals surface area (Å²) in [5.74, 6) is -0.636. The molecule has 0 spiro atoms. The van der Waals surface area contributed by atoms with Crippen molar-refractivity contribution in [1.82, 2.24) is 15.1 Å². The van der Waals surface area contributed by atoms with E-state index in [2.05, 4.69) is 15.5 Å². The van der Waals surface area contributed by atoms with Crippen molar-refractivity contribution in [3.8, 4) is 0 Å². The highest BCUT2D eigenvalue weighted by atomic mass is 32.1. The number of carbonyl (C=O) groups is 3. The molecule has 26 heavy (non-hydrogen) atoms. The van der Waals surface area contributed by atoms with E-state index >= 15 is 0 Å². The molecule has 1 aliphatic heterocycles. The first-order valence-electron chi connectivity index (χ1n) is 8.72. The Balaban J connectivity index is 1.42. The van der Waals surface area contributed by atoms with Gasteiger partial charge < -0.3 is 5.32 Å². The maximum Gasteiger partial charge on any atom is 0.261 e. The van der Waals surface area contributed by atoms with Crippen LogP contribution in [0.3, 0.4) is 0 Å². The maximum absolute atomic E-state index is 12.4.